The van der Waals surface area contributed by atoms with E-state index < -0.39 is 11.5 Å². The number of hydrogen-bond donors (Lipinski definition) is 2. The van der Waals surface area contributed by atoms with Crippen LogP contribution in [-0.2, 0) is 11.3 Å². The summed E-state index contributed by atoms with van der Waals surface area (Å²) in [6.45, 7) is 4.94. The molecule has 0 amide bonds. The average molecular weight is 281 g/mol. The molecule has 2 rings (SSSR count). The molecule has 0 aromatic carbocycles. The number of aliphatic carboxylic acids is 1. The van der Waals surface area contributed by atoms with Gasteiger partial charge in [-0.15, -0.1) is 11.3 Å². The summed E-state index contributed by atoms with van der Waals surface area (Å²) in [5.41, 5.74) is -0.740. The Hall–Kier alpha value is -0.870. The van der Waals surface area contributed by atoms with Gasteiger partial charge in [0.2, 0.25) is 0 Å². The van der Waals surface area contributed by atoms with Crippen LogP contribution in [0.2, 0.25) is 0 Å². The number of nitrogens with one attached hydrogen (secondary N) is 1. The average Bonchev–Trinajstić information content (AvgIpc) is 2.89. The zero-order valence-electron chi connectivity index (χ0n) is 11.7. The Morgan fingerprint density at radius 1 is 1.58 bits per heavy atom. The fourth-order valence-electron chi connectivity index (χ4n) is 3.32. The minimum atomic E-state index is -0.740. The van der Waals surface area contributed by atoms with E-state index in [0.29, 0.717) is 12.5 Å². The van der Waals surface area contributed by atoms with E-state index >= 15 is 0 Å². The van der Waals surface area contributed by atoms with Crippen molar-refractivity contribution >= 4 is 17.3 Å². The van der Waals surface area contributed by atoms with Gasteiger partial charge in [-0.3, -0.25) is 10.1 Å². The maximum Gasteiger partial charge on any atom is 0.324 e. The van der Waals surface area contributed by atoms with Crippen LogP contribution < -0.4 is 5.32 Å². The highest BCUT2D eigenvalue weighted by atomic mass is 32.1. The number of thiophene rings is 1. The second-order valence-corrected chi connectivity index (χ2v) is 6.84. The summed E-state index contributed by atoms with van der Waals surface area (Å²) in [6.07, 6.45) is 3.92. The summed E-state index contributed by atoms with van der Waals surface area (Å²) in [5, 5.41) is 15.2. The van der Waals surface area contributed by atoms with E-state index in [1.165, 1.54) is 4.88 Å². The van der Waals surface area contributed by atoms with Gasteiger partial charge in [0.25, 0.3) is 0 Å². The van der Waals surface area contributed by atoms with Gasteiger partial charge in [0.15, 0.2) is 0 Å². The van der Waals surface area contributed by atoms with Crippen LogP contribution in [0.3, 0.4) is 0 Å². The van der Waals surface area contributed by atoms with E-state index in [0.717, 1.165) is 25.7 Å². The molecule has 1 aromatic heterocycles. The first kappa shape index (κ1) is 14.5. The van der Waals surface area contributed by atoms with Crippen LogP contribution in [0.15, 0.2) is 17.5 Å². The molecule has 1 aliphatic rings. The number of carboxylic acids is 1. The Labute approximate surface area is 119 Å². The van der Waals surface area contributed by atoms with Crippen molar-refractivity contribution in [2.24, 2.45) is 11.8 Å². The maximum absolute atomic E-state index is 11.9. The minimum Gasteiger partial charge on any atom is -0.480 e. The Morgan fingerprint density at radius 3 is 2.95 bits per heavy atom. The fourth-order valence-corrected chi connectivity index (χ4v) is 3.97. The molecule has 2 unspecified atom stereocenters. The summed E-state index contributed by atoms with van der Waals surface area (Å²) in [4.78, 5) is 13.1. The van der Waals surface area contributed by atoms with Gasteiger partial charge in [-0.1, -0.05) is 32.8 Å². The number of rotatable bonds is 5. The third-order valence-corrected chi connectivity index (χ3v) is 5.19. The smallest absolute Gasteiger partial charge is 0.324 e. The Balaban J connectivity index is 2.17. The van der Waals surface area contributed by atoms with Crippen LogP contribution in [0.1, 0.15) is 44.4 Å². The molecule has 0 spiro atoms. The molecule has 4 heteroatoms. The van der Waals surface area contributed by atoms with Crippen LogP contribution in [-0.4, -0.2) is 16.6 Å². The molecular weight excluding hydrogens is 258 g/mol. The summed E-state index contributed by atoms with van der Waals surface area (Å²) < 4.78 is 0. The lowest BCUT2D eigenvalue weighted by Crippen LogP contribution is -2.59. The quantitative estimate of drug-likeness (QED) is 0.868. The molecule has 0 bridgehead atoms. The van der Waals surface area contributed by atoms with Crippen molar-refractivity contribution in [1.82, 2.24) is 5.32 Å². The molecule has 106 valence electrons. The largest absolute Gasteiger partial charge is 0.480 e. The van der Waals surface area contributed by atoms with E-state index in [1.807, 2.05) is 11.4 Å². The molecule has 1 heterocycles. The number of hydrogen-bond acceptors (Lipinski definition) is 3. The van der Waals surface area contributed by atoms with Gasteiger partial charge in [-0.25, -0.2) is 0 Å². The predicted octanol–water partition coefficient (Wildman–Crippen LogP) is 3.51. The van der Waals surface area contributed by atoms with Gasteiger partial charge in [-0.2, -0.15) is 0 Å². The first-order valence-electron chi connectivity index (χ1n) is 7.07. The van der Waals surface area contributed by atoms with Gasteiger partial charge in [0.05, 0.1) is 0 Å². The molecule has 0 saturated heterocycles. The molecule has 0 aliphatic heterocycles. The Kier molecular flexibility index (Phi) is 4.63. The summed E-state index contributed by atoms with van der Waals surface area (Å²) in [7, 11) is 0. The van der Waals surface area contributed by atoms with Crippen LogP contribution in [0.4, 0.5) is 0 Å². The molecular formula is C15H23NO2S. The van der Waals surface area contributed by atoms with Crippen LogP contribution in [0.5, 0.6) is 0 Å². The van der Waals surface area contributed by atoms with E-state index in [4.69, 9.17) is 0 Å². The van der Waals surface area contributed by atoms with Crippen molar-refractivity contribution in [2.45, 2.75) is 51.6 Å². The van der Waals surface area contributed by atoms with Gasteiger partial charge in [0.1, 0.15) is 5.54 Å². The van der Waals surface area contributed by atoms with Crippen LogP contribution in [0.25, 0.3) is 0 Å². The highest BCUT2D eigenvalue weighted by molar-refractivity contribution is 7.09. The molecule has 19 heavy (non-hydrogen) atoms. The van der Waals surface area contributed by atoms with Gasteiger partial charge in [-0.05, 0) is 36.1 Å². The number of carbonyl (C=O) groups is 1. The third-order valence-electron chi connectivity index (χ3n) is 4.31. The molecule has 3 nitrogen and oxygen atoms in total. The summed E-state index contributed by atoms with van der Waals surface area (Å²) in [6, 6.07) is 4.07. The molecule has 1 saturated carbocycles. The zero-order valence-corrected chi connectivity index (χ0v) is 12.5. The molecule has 2 N–H and O–H groups in total. The van der Waals surface area contributed by atoms with Crippen molar-refractivity contribution in [3.8, 4) is 0 Å². The van der Waals surface area contributed by atoms with Crippen LogP contribution >= 0.6 is 11.3 Å². The highest BCUT2D eigenvalue weighted by Gasteiger charge is 2.47. The lowest BCUT2D eigenvalue weighted by atomic mass is 9.68. The van der Waals surface area contributed by atoms with E-state index in [1.54, 1.807) is 11.3 Å². The van der Waals surface area contributed by atoms with Crippen molar-refractivity contribution in [1.29, 1.82) is 0 Å². The first-order valence-corrected chi connectivity index (χ1v) is 7.95. The Morgan fingerprint density at radius 2 is 2.37 bits per heavy atom. The van der Waals surface area contributed by atoms with Gasteiger partial charge >= 0.3 is 5.97 Å². The summed E-state index contributed by atoms with van der Waals surface area (Å²) in [5.74, 6) is -0.0617. The Bertz CT molecular complexity index is 416. The van der Waals surface area contributed by atoms with E-state index in [9.17, 15) is 9.90 Å². The molecule has 1 fully saturated rings. The minimum absolute atomic E-state index is 0.221. The van der Waals surface area contributed by atoms with E-state index in [-0.39, 0.29) is 5.92 Å². The SMILES string of the molecule is CC(C)C1CCCCC1(NCc1cccs1)C(=O)O. The zero-order chi connectivity index (χ0) is 13.9. The molecule has 0 radical (unpaired) electrons. The van der Waals surface area contributed by atoms with Gasteiger partial charge in [0, 0.05) is 11.4 Å². The molecule has 1 aromatic rings. The monoisotopic (exact) mass is 281 g/mol. The van der Waals surface area contributed by atoms with Crippen molar-refractivity contribution in [3.63, 3.8) is 0 Å². The molecule has 2 atom stereocenters. The first-order chi connectivity index (χ1) is 9.06. The summed E-state index contributed by atoms with van der Waals surface area (Å²) >= 11 is 1.68. The second-order valence-electron chi connectivity index (χ2n) is 5.81. The normalized spacial score (nSPS) is 27.6. The number of carboxylic acid groups (broad SMARTS) is 1. The van der Waals surface area contributed by atoms with Crippen molar-refractivity contribution in [2.75, 3.05) is 0 Å². The van der Waals surface area contributed by atoms with Gasteiger partial charge < -0.3 is 5.11 Å². The van der Waals surface area contributed by atoms with Crippen molar-refractivity contribution in [3.05, 3.63) is 22.4 Å². The standard InChI is InChI=1S/C15H23NO2S/c1-11(2)13-7-3-4-8-15(13,14(17)18)16-10-12-6-5-9-19-12/h5-6,9,11,13,16H,3-4,7-8,10H2,1-2H3,(H,17,18). The lowest BCUT2D eigenvalue weighted by Gasteiger charge is -2.43. The maximum atomic E-state index is 11.9. The van der Waals surface area contributed by atoms with Crippen LogP contribution in [0, 0.1) is 11.8 Å². The topological polar surface area (TPSA) is 49.3 Å². The highest BCUT2D eigenvalue weighted by Crippen LogP contribution is 2.39. The molecule has 1 aliphatic carbocycles. The third kappa shape index (κ3) is 3.00. The predicted molar refractivity (Wildman–Crippen MR) is 78.3 cm³/mol. The van der Waals surface area contributed by atoms with E-state index in [2.05, 4.69) is 25.2 Å². The van der Waals surface area contributed by atoms with Crippen molar-refractivity contribution < 1.29 is 9.90 Å². The second kappa shape index (κ2) is 6.06. The lowest BCUT2D eigenvalue weighted by molar-refractivity contribution is -0.150. The fraction of sp³-hybridized carbons (Fsp3) is 0.667.